The van der Waals surface area contributed by atoms with Crippen molar-refractivity contribution in [3.05, 3.63) is 0 Å². The zero-order chi connectivity index (χ0) is 11.5. The Morgan fingerprint density at radius 3 is 2.62 bits per heavy atom. The SMILES string of the molecule is O=C1CC(C(=O)NCC2CCCCC2O)C1. The van der Waals surface area contributed by atoms with Crippen molar-refractivity contribution < 1.29 is 14.7 Å². The molecular formula is C12H19NO3. The van der Waals surface area contributed by atoms with Gasteiger partial charge < -0.3 is 10.4 Å². The van der Waals surface area contributed by atoms with Gasteiger partial charge in [-0.15, -0.1) is 0 Å². The largest absolute Gasteiger partial charge is 0.393 e. The average Bonchev–Trinajstić information content (AvgIpc) is 2.23. The molecule has 4 heteroatoms. The van der Waals surface area contributed by atoms with Crippen LogP contribution >= 0.6 is 0 Å². The van der Waals surface area contributed by atoms with E-state index in [2.05, 4.69) is 5.32 Å². The second-order valence-corrected chi connectivity index (χ2v) is 5.00. The van der Waals surface area contributed by atoms with E-state index in [0.717, 1.165) is 25.7 Å². The van der Waals surface area contributed by atoms with Gasteiger partial charge in [-0.25, -0.2) is 0 Å². The molecule has 2 aliphatic carbocycles. The van der Waals surface area contributed by atoms with E-state index in [1.807, 2.05) is 0 Å². The number of Topliss-reactive ketones (excluding diaryl/α,β-unsaturated/α-hetero) is 1. The van der Waals surface area contributed by atoms with Gasteiger partial charge in [-0.2, -0.15) is 0 Å². The third-order valence-electron chi connectivity index (χ3n) is 3.73. The van der Waals surface area contributed by atoms with Crippen LogP contribution in [0.2, 0.25) is 0 Å². The smallest absolute Gasteiger partial charge is 0.224 e. The van der Waals surface area contributed by atoms with E-state index in [-0.39, 0.29) is 29.6 Å². The van der Waals surface area contributed by atoms with Gasteiger partial charge in [0.15, 0.2) is 0 Å². The third-order valence-corrected chi connectivity index (χ3v) is 3.73. The van der Waals surface area contributed by atoms with Crippen LogP contribution in [-0.2, 0) is 9.59 Å². The van der Waals surface area contributed by atoms with E-state index in [1.54, 1.807) is 0 Å². The fourth-order valence-corrected chi connectivity index (χ4v) is 2.48. The standard InChI is InChI=1S/C12H19NO3/c14-10-5-9(6-10)12(16)13-7-8-3-1-2-4-11(8)15/h8-9,11,15H,1-7H2,(H,13,16). The minimum atomic E-state index is -0.267. The Labute approximate surface area is 95.4 Å². The molecule has 0 radical (unpaired) electrons. The number of hydrogen-bond acceptors (Lipinski definition) is 3. The summed E-state index contributed by atoms with van der Waals surface area (Å²) in [6.07, 6.45) is 4.60. The minimum absolute atomic E-state index is 0.0163. The van der Waals surface area contributed by atoms with E-state index in [9.17, 15) is 14.7 Å². The van der Waals surface area contributed by atoms with Gasteiger partial charge in [-0.3, -0.25) is 9.59 Å². The fourth-order valence-electron chi connectivity index (χ4n) is 2.48. The molecule has 0 spiro atoms. The first-order valence-electron chi connectivity index (χ1n) is 6.14. The lowest BCUT2D eigenvalue weighted by atomic mass is 9.82. The first kappa shape index (κ1) is 11.6. The molecule has 1 amide bonds. The molecule has 4 nitrogen and oxygen atoms in total. The monoisotopic (exact) mass is 225 g/mol. The van der Waals surface area contributed by atoms with Gasteiger partial charge in [0.2, 0.25) is 5.91 Å². The van der Waals surface area contributed by atoms with Gasteiger partial charge in [0.05, 0.1) is 12.0 Å². The van der Waals surface area contributed by atoms with Crippen molar-refractivity contribution >= 4 is 11.7 Å². The highest BCUT2D eigenvalue weighted by Crippen LogP contribution is 2.25. The fraction of sp³-hybridized carbons (Fsp3) is 0.833. The lowest BCUT2D eigenvalue weighted by Gasteiger charge is -2.29. The summed E-state index contributed by atoms with van der Waals surface area (Å²) in [6.45, 7) is 0.560. The van der Waals surface area contributed by atoms with E-state index in [1.165, 1.54) is 0 Å². The van der Waals surface area contributed by atoms with E-state index in [4.69, 9.17) is 0 Å². The zero-order valence-electron chi connectivity index (χ0n) is 9.45. The highest BCUT2D eigenvalue weighted by molar-refractivity contribution is 5.96. The maximum Gasteiger partial charge on any atom is 0.224 e. The third kappa shape index (κ3) is 2.61. The Bertz CT molecular complexity index is 282. The van der Waals surface area contributed by atoms with Crippen molar-refractivity contribution in [2.45, 2.75) is 44.6 Å². The molecule has 2 N–H and O–H groups in total. The van der Waals surface area contributed by atoms with Crippen molar-refractivity contribution in [3.8, 4) is 0 Å². The average molecular weight is 225 g/mol. The number of aliphatic hydroxyl groups is 1. The molecule has 2 unspecified atom stereocenters. The molecule has 0 bridgehead atoms. The molecule has 2 atom stereocenters. The number of rotatable bonds is 3. The summed E-state index contributed by atoms with van der Waals surface area (Å²) in [5.74, 6) is 0.261. The van der Waals surface area contributed by atoms with Crippen molar-refractivity contribution in [3.63, 3.8) is 0 Å². The maximum atomic E-state index is 11.6. The molecule has 0 aromatic heterocycles. The van der Waals surface area contributed by atoms with Gasteiger partial charge in [0.25, 0.3) is 0 Å². The van der Waals surface area contributed by atoms with Crippen LogP contribution in [0.15, 0.2) is 0 Å². The quantitative estimate of drug-likeness (QED) is 0.740. The molecule has 0 aliphatic heterocycles. The lowest BCUT2D eigenvalue weighted by molar-refractivity contribution is -0.138. The molecule has 0 heterocycles. The van der Waals surface area contributed by atoms with Crippen LogP contribution in [0.1, 0.15) is 38.5 Å². The van der Waals surface area contributed by atoms with Crippen LogP contribution < -0.4 is 5.32 Å². The molecule has 2 fully saturated rings. The number of carbonyl (C=O) groups excluding carboxylic acids is 2. The number of hydrogen-bond donors (Lipinski definition) is 2. The molecule has 0 saturated heterocycles. The van der Waals surface area contributed by atoms with Gasteiger partial charge in [0.1, 0.15) is 5.78 Å². The van der Waals surface area contributed by atoms with Crippen LogP contribution in [0.25, 0.3) is 0 Å². The first-order chi connectivity index (χ1) is 7.66. The summed E-state index contributed by atoms with van der Waals surface area (Å²) in [6, 6.07) is 0. The van der Waals surface area contributed by atoms with Gasteiger partial charge in [-0.1, -0.05) is 12.8 Å². The Balaban J connectivity index is 1.70. The van der Waals surface area contributed by atoms with Gasteiger partial charge in [0, 0.05) is 25.3 Å². The summed E-state index contributed by atoms with van der Waals surface area (Å²) >= 11 is 0. The second kappa shape index (κ2) is 4.95. The predicted molar refractivity (Wildman–Crippen MR) is 58.7 cm³/mol. The Hall–Kier alpha value is -0.900. The highest BCUT2D eigenvalue weighted by atomic mass is 16.3. The van der Waals surface area contributed by atoms with Gasteiger partial charge in [-0.05, 0) is 12.8 Å². The lowest BCUT2D eigenvalue weighted by Crippen LogP contribution is -2.43. The predicted octanol–water partition coefficient (Wildman–Crippen LogP) is 0.633. The molecule has 2 saturated carbocycles. The van der Waals surface area contributed by atoms with Crippen molar-refractivity contribution in [1.82, 2.24) is 5.32 Å². The van der Waals surface area contributed by atoms with Gasteiger partial charge >= 0.3 is 0 Å². The molecular weight excluding hydrogens is 206 g/mol. The molecule has 90 valence electrons. The molecule has 0 aromatic rings. The van der Waals surface area contributed by atoms with Crippen molar-refractivity contribution in [2.75, 3.05) is 6.54 Å². The summed E-state index contributed by atoms with van der Waals surface area (Å²) in [5.41, 5.74) is 0. The Kier molecular flexibility index (Phi) is 3.59. The number of nitrogens with one attached hydrogen (secondary N) is 1. The summed E-state index contributed by atoms with van der Waals surface area (Å²) in [4.78, 5) is 22.3. The van der Waals surface area contributed by atoms with E-state index < -0.39 is 0 Å². The van der Waals surface area contributed by atoms with Crippen molar-refractivity contribution in [1.29, 1.82) is 0 Å². The number of aliphatic hydroxyl groups excluding tert-OH is 1. The molecule has 0 aromatic carbocycles. The summed E-state index contributed by atoms with van der Waals surface area (Å²) in [7, 11) is 0. The minimum Gasteiger partial charge on any atom is -0.393 e. The van der Waals surface area contributed by atoms with Crippen LogP contribution in [-0.4, -0.2) is 29.4 Å². The number of amides is 1. The maximum absolute atomic E-state index is 11.6. The topological polar surface area (TPSA) is 66.4 Å². The van der Waals surface area contributed by atoms with Crippen LogP contribution in [0, 0.1) is 11.8 Å². The Morgan fingerprint density at radius 1 is 1.31 bits per heavy atom. The van der Waals surface area contributed by atoms with Crippen LogP contribution in [0.3, 0.4) is 0 Å². The Morgan fingerprint density at radius 2 is 2.00 bits per heavy atom. The second-order valence-electron chi connectivity index (χ2n) is 5.00. The number of carbonyl (C=O) groups is 2. The zero-order valence-corrected chi connectivity index (χ0v) is 9.45. The highest BCUT2D eigenvalue weighted by Gasteiger charge is 2.33. The van der Waals surface area contributed by atoms with Crippen LogP contribution in [0.5, 0.6) is 0 Å². The first-order valence-corrected chi connectivity index (χ1v) is 6.14. The molecule has 16 heavy (non-hydrogen) atoms. The van der Waals surface area contributed by atoms with E-state index in [0.29, 0.717) is 19.4 Å². The molecule has 2 aliphatic rings. The van der Waals surface area contributed by atoms with E-state index >= 15 is 0 Å². The summed E-state index contributed by atoms with van der Waals surface area (Å²) < 4.78 is 0. The summed E-state index contributed by atoms with van der Waals surface area (Å²) in [5, 5.41) is 12.6. The van der Waals surface area contributed by atoms with Crippen molar-refractivity contribution in [2.24, 2.45) is 11.8 Å². The molecule has 2 rings (SSSR count). The van der Waals surface area contributed by atoms with Crippen LogP contribution in [0.4, 0.5) is 0 Å². The normalized spacial score (nSPS) is 30.9. The number of ketones is 1.